The summed E-state index contributed by atoms with van der Waals surface area (Å²) in [5.74, 6) is 1.32. The molecule has 0 aliphatic carbocycles. The zero-order valence-corrected chi connectivity index (χ0v) is 11.6. The van der Waals surface area contributed by atoms with Gasteiger partial charge in [0.25, 0.3) is 0 Å². The molecule has 6 nitrogen and oxygen atoms in total. The molecule has 2 atom stereocenters. The van der Waals surface area contributed by atoms with Crippen LogP contribution in [0.15, 0.2) is 30.0 Å². The largest absolute Gasteiger partial charge is 0.497 e. The number of carbonyl (C=O) groups is 1. The molecule has 3 rings (SSSR count). The van der Waals surface area contributed by atoms with Crippen LogP contribution in [0, 0.1) is 0 Å². The maximum atomic E-state index is 11.2. The van der Waals surface area contributed by atoms with Crippen LogP contribution in [0.5, 0.6) is 11.5 Å². The lowest BCUT2D eigenvalue weighted by Gasteiger charge is -2.19. The molecule has 0 amide bonds. The van der Waals surface area contributed by atoms with Gasteiger partial charge in [0.05, 0.1) is 19.3 Å². The third-order valence-corrected chi connectivity index (χ3v) is 3.53. The first kappa shape index (κ1) is 13.8. The van der Waals surface area contributed by atoms with Crippen molar-refractivity contribution in [1.82, 2.24) is 0 Å². The quantitative estimate of drug-likeness (QED) is 0.821. The maximum Gasteiger partial charge on any atom is 0.335 e. The molecule has 6 heteroatoms. The average Bonchev–Trinajstić information content (AvgIpc) is 3.09. The monoisotopic (exact) mass is 292 g/mol. The van der Waals surface area contributed by atoms with Crippen LogP contribution in [0.25, 0.3) is 0 Å². The summed E-state index contributed by atoms with van der Waals surface area (Å²) in [5, 5.41) is 10.2. The number of methoxy groups -OCH3 is 1. The first-order chi connectivity index (χ1) is 10.2. The zero-order valence-electron chi connectivity index (χ0n) is 11.6. The topological polar surface area (TPSA) is 74.2 Å². The number of aliphatic hydroxyl groups excluding tert-OH is 1. The summed E-state index contributed by atoms with van der Waals surface area (Å²) >= 11 is 0. The highest BCUT2D eigenvalue weighted by Crippen LogP contribution is 2.33. The number of ether oxygens (including phenoxy) is 4. The maximum absolute atomic E-state index is 11.2. The summed E-state index contributed by atoms with van der Waals surface area (Å²) in [6.45, 7) is 0.238. The van der Waals surface area contributed by atoms with E-state index in [9.17, 15) is 9.90 Å². The molecule has 0 aromatic heterocycles. The lowest BCUT2D eigenvalue weighted by molar-refractivity contribution is -0.144. The van der Waals surface area contributed by atoms with E-state index >= 15 is 0 Å². The van der Waals surface area contributed by atoms with Crippen molar-refractivity contribution in [2.45, 2.75) is 25.0 Å². The van der Waals surface area contributed by atoms with E-state index in [1.54, 1.807) is 0 Å². The molecule has 0 spiro atoms. The zero-order chi connectivity index (χ0) is 14.8. The van der Waals surface area contributed by atoms with Gasteiger partial charge in [0.15, 0.2) is 17.6 Å². The van der Waals surface area contributed by atoms with Crippen LogP contribution >= 0.6 is 0 Å². The number of rotatable bonds is 5. The molecule has 0 fully saturated rings. The Morgan fingerprint density at radius 2 is 2.19 bits per heavy atom. The molecule has 0 saturated heterocycles. The van der Waals surface area contributed by atoms with Crippen LogP contribution in [0.3, 0.4) is 0 Å². The van der Waals surface area contributed by atoms with E-state index in [0.717, 1.165) is 11.3 Å². The number of esters is 1. The van der Waals surface area contributed by atoms with Crippen molar-refractivity contribution >= 4 is 5.97 Å². The van der Waals surface area contributed by atoms with Crippen molar-refractivity contribution in [3.63, 3.8) is 0 Å². The van der Waals surface area contributed by atoms with Crippen LogP contribution in [0.4, 0.5) is 0 Å². The minimum Gasteiger partial charge on any atom is -0.497 e. The van der Waals surface area contributed by atoms with Gasteiger partial charge in [-0.1, -0.05) is 6.07 Å². The molecular formula is C15H16O6. The van der Waals surface area contributed by atoms with Gasteiger partial charge in [-0.3, -0.25) is 0 Å². The Bertz CT molecular complexity index is 580. The predicted octanol–water partition coefficient (Wildman–Crippen LogP) is 1.16. The first-order valence-corrected chi connectivity index (χ1v) is 6.70. The lowest BCUT2D eigenvalue weighted by Crippen LogP contribution is -2.29. The Morgan fingerprint density at radius 3 is 3.00 bits per heavy atom. The van der Waals surface area contributed by atoms with Crippen LogP contribution < -0.4 is 9.47 Å². The summed E-state index contributed by atoms with van der Waals surface area (Å²) in [5.41, 5.74) is 1.02. The van der Waals surface area contributed by atoms with Crippen molar-refractivity contribution in [3.8, 4) is 11.5 Å². The van der Waals surface area contributed by atoms with Gasteiger partial charge >= 0.3 is 5.97 Å². The van der Waals surface area contributed by atoms with E-state index in [1.807, 2.05) is 18.2 Å². The standard InChI is InChI=1S/C15H16O6/c1-18-13-7-14(17)21-15(13)10(16)4-2-9-3-5-11-12(6-9)20-8-19-11/h3,5-7,10,15-16H,2,4,8H2,1H3. The summed E-state index contributed by atoms with van der Waals surface area (Å²) in [6.07, 6.45) is 0.792. The molecule has 2 aliphatic heterocycles. The number of aliphatic hydroxyl groups is 1. The van der Waals surface area contributed by atoms with Gasteiger partial charge in [-0.15, -0.1) is 0 Å². The highest BCUT2D eigenvalue weighted by atomic mass is 16.7. The number of hydrogen-bond donors (Lipinski definition) is 1. The van der Waals surface area contributed by atoms with Crippen LogP contribution in [0.2, 0.25) is 0 Å². The minimum atomic E-state index is -0.812. The molecule has 0 bridgehead atoms. The van der Waals surface area contributed by atoms with Crippen molar-refractivity contribution in [3.05, 3.63) is 35.6 Å². The van der Waals surface area contributed by atoms with Crippen LogP contribution in [-0.2, 0) is 20.7 Å². The van der Waals surface area contributed by atoms with E-state index in [0.29, 0.717) is 24.4 Å². The minimum absolute atomic E-state index is 0.238. The summed E-state index contributed by atoms with van der Waals surface area (Å²) in [4.78, 5) is 11.2. The van der Waals surface area contributed by atoms with E-state index in [4.69, 9.17) is 18.9 Å². The molecule has 112 valence electrons. The first-order valence-electron chi connectivity index (χ1n) is 6.70. The second-order valence-corrected chi connectivity index (χ2v) is 4.90. The molecule has 2 unspecified atom stereocenters. The van der Waals surface area contributed by atoms with Gasteiger partial charge < -0.3 is 24.1 Å². The fraction of sp³-hybridized carbons (Fsp3) is 0.400. The Kier molecular flexibility index (Phi) is 3.70. The van der Waals surface area contributed by atoms with Gasteiger partial charge in [0.1, 0.15) is 5.76 Å². The van der Waals surface area contributed by atoms with Gasteiger partial charge in [-0.2, -0.15) is 0 Å². The summed E-state index contributed by atoms with van der Waals surface area (Å²) < 4.78 is 20.6. The number of benzene rings is 1. The SMILES string of the molecule is COC1=CC(=O)OC1C(O)CCc1ccc2c(c1)OCO2. The number of aryl methyl sites for hydroxylation is 1. The van der Waals surface area contributed by atoms with Crippen molar-refractivity contribution in [2.75, 3.05) is 13.9 Å². The highest BCUT2D eigenvalue weighted by Gasteiger charge is 2.33. The number of cyclic esters (lactones) is 1. The summed E-state index contributed by atoms with van der Waals surface area (Å²) in [7, 11) is 1.45. The van der Waals surface area contributed by atoms with Crippen molar-refractivity contribution < 1.29 is 28.8 Å². The molecule has 2 heterocycles. The van der Waals surface area contributed by atoms with Crippen molar-refractivity contribution in [1.29, 1.82) is 0 Å². The molecule has 21 heavy (non-hydrogen) atoms. The Morgan fingerprint density at radius 1 is 1.38 bits per heavy atom. The average molecular weight is 292 g/mol. The van der Waals surface area contributed by atoms with Crippen LogP contribution in [0.1, 0.15) is 12.0 Å². The third-order valence-electron chi connectivity index (χ3n) is 3.53. The van der Waals surface area contributed by atoms with E-state index < -0.39 is 18.2 Å². The number of carbonyl (C=O) groups excluding carboxylic acids is 1. The fourth-order valence-corrected chi connectivity index (χ4v) is 2.42. The van der Waals surface area contributed by atoms with Crippen LogP contribution in [-0.4, -0.2) is 37.2 Å². The molecule has 1 aromatic carbocycles. The summed E-state index contributed by atoms with van der Waals surface area (Å²) in [6, 6.07) is 5.66. The Labute approximate surface area is 121 Å². The van der Waals surface area contributed by atoms with Gasteiger partial charge in [0.2, 0.25) is 6.79 Å². The Hall–Kier alpha value is -2.21. The number of hydrogen-bond acceptors (Lipinski definition) is 6. The molecule has 1 N–H and O–H groups in total. The predicted molar refractivity (Wildman–Crippen MR) is 71.9 cm³/mol. The fourth-order valence-electron chi connectivity index (χ4n) is 2.42. The second-order valence-electron chi connectivity index (χ2n) is 4.90. The highest BCUT2D eigenvalue weighted by molar-refractivity contribution is 5.85. The second kappa shape index (κ2) is 5.65. The van der Waals surface area contributed by atoms with Gasteiger partial charge in [0, 0.05) is 0 Å². The number of fused-ring (bicyclic) bond motifs is 1. The lowest BCUT2D eigenvalue weighted by atomic mass is 10.0. The molecule has 0 radical (unpaired) electrons. The van der Waals surface area contributed by atoms with E-state index in [2.05, 4.69) is 0 Å². The molecule has 2 aliphatic rings. The van der Waals surface area contributed by atoms with E-state index in [-0.39, 0.29) is 6.79 Å². The van der Waals surface area contributed by atoms with E-state index in [1.165, 1.54) is 13.2 Å². The Balaban J connectivity index is 1.60. The molecule has 0 saturated carbocycles. The van der Waals surface area contributed by atoms with Gasteiger partial charge in [-0.05, 0) is 30.5 Å². The molecular weight excluding hydrogens is 276 g/mol. The van der Waals surface area contributed by atoms with Gasteiger partial charge in [-0.25, -0.2) is 4.79 Å². The normalized spacial score (nSPS) is 21.0. The third kappa shape index (κ3) is 2.80. The van der Waals surface area contributed by atoms with Crippen molar-refractivity contribution in [2.24, 2.45) is 0 Å². The molecule has 1 aromatic rings. The smallest absolute Gasteiger partial charge is 0.335 e.